The van der Waals surface area contributed by atoms with Gasteiger partial charge in [0.15, 0.2) is 0 Å². The molecule has 0 saturated heterocycles. The summed E-state index contributed by atoms with van der Waals surface area (Å²) >= 11 is 2.99. The fraction of sp³-hybridized carbons (Fsp3) is 0.0870. The summed E-state index contributed by atoms with van der Waals surface area (Å²) in [5, 5.41) is 24.0. The fourth-order valence-corrected chi connectivity index (χ4v) is 5.17. The van der Waals surface area contributed by atoms with Gasteiger partial charge in [0.1, 0.15) is 11.8 Å². The zero-order valence-electron chi connectivity index (χ0n) is 17.6. The van der Waals surface area contributed by atoms with Crippen molar-refractivity contribution in [2.24, 2.45) is 0 Å². The summed E-state index contributed by atoms with van der Waals surface area (Å²) in [6.45, 7) is 0. The molecule has 2 aromatic heterocycles. The average Bonchev–Trinajstić information content (AvgIpc) is 3.23. The van der Waals surface area contributed by atoms with Crippen LogP contribution in [0, 0.1) is 21.4 Å². The first kappa shape index (κ1) is 22.3. The van der Waals surface area contributed by atoms with Crippen LogP contribution in [0.3, 0.4) is 0 Å². The molecule has 0 bridgehead atoms. The summed E-state index contributed by atoms with van der Waals surface area (Å²) in [6, 6.07) is 17.8. The average molecular weight is 476 g/mol. The number of aromatic nitrogens is 2. The standard InChI is InChI=1S/C23H17N5O3S2/c1-31-17-8-3-5-14(11-17)20-18(13-24)22(32-2)33-21(20)19-9-10-25-23(27-19)26-15-6-4-7-16(12-15)28(29)30/h3-12H,1-2H3,(H,25,26,27). The van der Waals surface area contributed by atoms with Crippen molar-refractivity contribution >= 4 is 40.4 Å². The second-order valence-electron chi connectivity index (χ2n) is 6.71. The van der Waals surface area contributed by atoms with Crippen LogP contribution in [0.1, 0.15) is 5.56 Å². The molecule has 33 heavy (non-hydrogen) atoms. The van der Waals surface area contributed by atoms with E-state index >= 15 is 0 Å². The number of anilines is 2. The second kappa shape index (κ2) is 9.68. The van der Waals surface area contributed by atoms with Crippen molar-refractivity contribution in [2.75, 3.05) is 18.7 Å². The Hall–Kier alpha value is -3.94. The van der Waals surface area contributed by atoms with E-state index in [1.165, 1.54) is 35.2 Å². The quantitative estimate of drug-likeness (QED) is 0.193. The summed E-state index contributed by atoms with van der Waals surface area (Å²) in [7, 11) is 1.60. The number of ether oxygens (including phenoxy) is 1. The van der Waals surface area contributed by atoms with E-state index in [4.69, 9.17) is 4.74 Å². The van der Waals surface area contributed by atoms with Crippen LogP contribution in [-0.4, -0.2) is 28.3 Å². The van der Waals surface area contributed by atoms with E-state index in [1.54, 1.807) is 31.5 Å². The number of nitrogens with zero attached hydrogens (tertiary/aromatic N) is 4. The van der Waals surface area contributed by atoms with Crippen LogP contribution in [0.15, 0.2) is 65.0 Å². The molecular weight excluding hydrogens is 458 g/mol. The Morgan fingerprint density at radius 2 is 2.03 bits per heavy atom. The van der Waals surface area contributed by atoms with Crippen LogP contribution >= 0.6 is 23.1 Å². The van der Waals surface area contributed by atoms with Gasteiger partial charge in [0.05, 0.1) is 32.4 Å². The van der Waals surface area contributed by atoms with Gasteiger partial charge in [-0.2, -0.15) is 5.26 Å². The number of hydrogen-bond donors (Lipinski definition) is 1. The van der Waals surface area contributed by atoms with E-state index < -0.39 is 4.92 Å². The SMILES string of the molecule is COc1cccc(-c2c(-c3ccnc(Nc4cccc([N+](=O)[O-])c4)n3)sc(SC)c2C#N)c1. The first-order valence-corrected chi connectivity index (χ1v) is 11.7. The van der Waals surface area contributed by atoms with E-state index in [2.05, 4.69) is 21.4 Å². The van der Waals surface area contributed by atoms with E-state index in [-0.39, 0.29) is 5.69 Å². The van der Waals surface area contributed by atoms with Crippen molar-refractivity contribution < 1.29 is 9.66 Å². The summed E-state index contributed by atoms with van der Waals surface area (Å²) in [5.41, 5.74) is 3.33. The highest BCUT2D eigenvalue weighted by atomic mass is 32.2. The lowest BCUT2D eigenvalue weighted by molar-refractivity contribution is -0.384. The van der Waals surface area contributed by atoms with Crippen LogP contribution in [0.2, 0.25) is 0 Å². The Bertz CT molecular complexity index is 1380. The Morgan fingerprint density at radius 3 is 2.76 bits per heavy atom. The Kier molecular flexibility index (Phi) is 6.53. The zero-order valence-corrected chi connectivity index (χ0v) is 19.2. The van der Waals surface area contributed by atoms with E-state index in [0.717, 1.165) is 20.2 Å². The number of nitriles is 1. The zero-order chi connectivity index (χ0) is 23.4. The van der Waals surface area contributed by atoms with Crippen molar-refractivity contribution in [3.63, 3.8) is 0 Å². The first-order chi connectivity index (χ1) is 16.0. The van der Waals surface area contributed by atoms with Crippen molar-refractivity contribution in [2.45, 2.75) is 4.21 Å². The van der Waals surface area contributed by atoms with Crippen molar-refractivity contribution in [1.82, 2.24) is 9.97 Å². The summed E-state index contributed by atoms with van der Waals surface area (Å²) in [4.78, 5) is 20.3. The monoisotopic (exact) mass is 475 g/mol. The molecule has 2 heterocycles. The van der Waals surface area contributed by atoms with Gasteiger partial charge in [-0.3, -0.25) is 10.1 Å². The minimum atomic E-state index is -0.456. The molecule has 8 nitrogen and oxygen atoms in total. The smallest absolute Gasteiger partial charge is 0.271 e. The third kappa shape index (κ3) is 4.64. The molecule has 0 aliphatic carbocycles. The number of non-ortho nitro benzene ring substituents is 1. The number of nitro groups is 1. The molecule has 4 rings (SSSR count). The lowest BCUT2D eigenvalue weighted by Gasteiger charge is -2.09. The molecule has 1 N–H and O–H groups in total. The Morgan fingerprint density at radius 1 is 1.21 bits per heavy atom. The van der Waals surface area contributed by atoms with Gasteiger partial charge in [-0.25, -0.2) is 9.97 Å². The minimum absolute atomic E-state index is 0.0296. The molecule has 0 aliphatic rings. The number of benzene rings is 2. The van der Waals surface area contributed by atoms with Gasteiger partial charge >= 0.3 is 0 Å². The van der Waals surface area contributed by atoms with Crippen LogP contribution in [0.5, 0.6) is 5.75 Å². The molecule has 164 valence electrons. The van der Waals surface area contributed by atoms with Gasteiger partial charge in [-0.05, 0) is 36.1 Å². The van der Waals surface area contributed by atoms with Gasteiger partial charge in [-0.1, -0.05) is 18.2 Å². The number of thioether (sulfide) groups is 1. The highest BCUT2D eigenvalue weighted by Crippen LogP contribution is 2.46. The number of methoxy groups -OCH3 is 1. The van der Waals surface area contributed by atoms with Crippen LogP contribution in [0.25, 0.3) is 21.7 Å². The molecule has 10 heteroatoms. The molecule has 0 saturated carbocycles. The highest BCUT2D eigenvalue weighted by molar-refractivity contribution is 8.00. The van der Waals surface area contributed by atoms with Crippen LogP contribution in [0.4, 0.5) is 17.3 Å². The van der Waals surface area contributed by atoms with Crippen molar-refractivity contribution in [1.29, 1.82) is 5.26 Å². The maximum Gasteiger partial charge on any atom is 0.271 e. The van der Waals surface area contributed by atoms with Crippen molar-refractivity contribution in [3.05, 3.63) is 76.5 Å². The number of thiophene rings is 1. The fourth-order valence-electron chi connectivity index (χ4n) is 3.26. The predicted octanol–water partition coefficient (Wildman–Crippen LogP) is 6.13. The predicted molar refractivity (Wildman–Crippen MR) is 130 cm³/mol. The molecule has 0 atom stereocenters. The number of hydrogen-bond acceptors (Lipinski definition) is 9. The highest BCUT2D eigenvalue weighted by Gasteiger charge is 2.22. The lowest BCUT2D eigenvalue weighted by Crippen LogP contribution is -1.98. The Labute approximate surface area is 198 Å². The molecular formula is C23H17N5O3S2. The van der Waals surface area contributed by atoms with E-state index in [9.17, 15) is 15.4 Å². The molecule has 4 aromatic rings. The molecule has 0 radical (unpaired) electrons. The van der Waals surface area contributed by atoms with Gasteiger partial charge in [0.25, 0.3) is 5.69 Å². The largest absolute Gasteiger partial charge is 0.497 e. The molecule has 0 fully saturated rings. The number of rotatable bonds is 7. The Balaban J connectivity index is 1.80. The van der Waals surface area contributed by atoms with E-state index in [1.807, 2.05) is 30.5 Å². The van der Waals surface area contributed by atoms with E-state index in [0.29, 0.717) is 28.6 Å². The molecule has 0 aliphatic heterocycles. The van der Waals surface area contributed by atoms with Gasteiger partial charge < -0.3 is 10.1 Å². The van der Waals surface area contributed by atoms with Gasteiger partial charge in [0.2, 0.25) is 5.95 Å². The summed E-state index contributed by atoms with van der Waals surface area (Å²) in [5.74, 6) is 0.983. The normalized spacial score (nSPS) is 10.5. The first-order valence-electron chi connectivity index (χ1n) is 9.64. The molecule has 2 aromatic carbocycles. The van der Waals surface area contributed by atoms with Gasteiger partial charge in [-0.15, -0.1) is 23.1 Å². The minimum Gasteiger partial charge on any atom is -0.497 e. The second-order valence-corrected chi connectivity index (χ2v) is 8.81. The lowest BCUT2D eigenvalue weighted by atomic mass is 10.0. The van der Waals surface area contributed by atoms with Crippen LogP contribution < -0.4 is 10.1 Å². The summed E-state index contributed by atoms with van der Waals surface area (Å²) < 4.78 is 6.26. The molecule has 0 unspecified atom stereocenters. The van der Waals surface area contributed by atoms with Crippen LogP contribution in [-0.2, 0) is 0 Å². The number of nitro benzene ring substituents is 1. The third-order valence-corrected chi connectivity index (χ3v) is 7.06. The topological polar surface area (TPSA) is 114 Å². The van der Waals surface area contributed by atoms with Gasteiger partial charge in [0, 0.05) is 29.6 Å². The molecule has 0 spiro atoms. The number of nitrogens with one attached hydrogen (secondary N) is 1. The molecule has 0 amide bonds. The maximum absolute atomic E-state index is 11.1. The summed E-state index contributed by atoms with van der Waals surface area (Å²) in [6.07, 6.45) is 3.54. The third-order valence-electron chi connectivity index (χ3n) is 4.73. The van der Waals surface area contributed by atoms with Crippen molar-refractivity contribution in [3.8, 4) is 33.5 Å². The maximum atomic E-state index is 11.1.